The summed E-state index contributed by atoms with van der Waals surface area (Å²) in [5.74, 6) is -0.0567. The molecule has 5 rings (SSSR count). The molecule has 26 heavy (non-hydrogen) atoms. The largest absolute Gasteiger partial charge is 0.358 e. The van der Waals surface area contributed by atoms with Crippen molar-refractivity contribution >= 4 is 17.3 Å². The van der Waals surface area contributed by atoms with Gasteiger partial charge in [0, 0.05) is 40.3 Å². The second-order valence-corrected chi connectivity index (χ2v) is 7.25. The lowest BCUT2D eigenvalue weighted by Crippen LogP contribution is -2.32. The molecule has 1 unspecified atom stereocenters. The normalized spacial score (nSPS) is 21.3. The SMILES string of the molecule is Cc1ccccc1C1C2=C(CCCC2=O)NC2=C1C(=O)c1ccccc12. The van der Waals surface area contributed by atoms with Gasteiger partial charge in [-0.25, -0.2) is 0 Å². The number of carbonyl (C=O) groups excluding carboxylic acids is 2. The van der Waals surface area contributed by atoms with E-state index in [0.29, 0.717) is 6.42 Å². The molecule has 0 fully saturated rings. The van der Waals surface area contributed by atoms with Crippen LogP contribution in [0.15, 0.2) is 65.4 Å². The van der Waals surface area contributed by atoms with E-state index >= 15 is 0 Å². The first-order valence-corrected chi connectivity index (χ1v) is 9.14. The second-order valence-electron chi connectivity index (χ2n) is 7.25. The van der Waals surface area contributed by atoms with Crippen LogP contribution in [0.3, 0.4) is 0 Å². The summed E-state index contributed by atoms with van der Waals surface area (Å²) < 4.78 is 0. The molecule has 3 nitrogen and oxygen atoms in total. The van der Waals surface area contributed by atoms with E-state index in [4.69, 9.17) is 0 Å². The fourth-order valence-corrected chi connectivity index (χ4v) is 4.56. The number of nitrogens with one attached hydrogen (secondary N) is 1. The summed E-state index contributed by atoms with van der Waals surface area (Å²) in [4.78, 5) is 26.1. The third kappa shape index (κ3) is 2.00. The molecule has 0 saturated carbocycles. The zero-order valence-corrected chi connectivity index (χ0v) is 14.6. The van der Waals surface area contributed by atoms with Crippen LogP contribution in [-0.4, -0.2) is 11.6 Å². The number of allylic oxidation sites excluding steroid dienone is 3. The van der Waals surface area contributed by atoms with E-state index in [9.17, 15) is 9.59 Å². The molecule has 2 aliphatic carbocycles. The van der Waals surface area contributed by atoms with Gasteiger partial charge in [0.1, 0.15) is 0 Å². The lowest BCUT2D eigenvalue weighted by Gasteiger charge is -2.33. The first kappa shape index (κ1) is 15.3. The first-order chi connectivity index (χ1) is 12.7. The van der Waals surface area contributed by atoms with Gasteiger partial charge in [-0.05, 0) is 30.9 Å². The number of aryl methyl sites for hydroxylation is 1. The molecule has 128 valence electrons. The van der Waals surface area contributed by atoms with Gasteiger partial charge in [-0.15, -0.1) is 0 Å². The van der Waals surface area contributed by atoms with E-state index in [1.54, 1.807) is 0 Å². The second kappa shape index (κ2) is 5.53. The Morgan fingerprint density at radius 2 is 1.62 bits per heavy atom. The van der Waals surface area contributed by atoms with Crippen molar-refractivity contribution in [3.8, 4) is 0 Å². The van der Waals surface area contributed by atoms with Gasteiger partial charge in [0.2, 0.25) is 0 Å². The molecule has 0 amide bonds. The Balaban J connectivity index is 1.79. The Labute approximate surface area is 152 Å². The van der Waals surface area contributed by atoms with E-state index in [1.807, 2.05) is 36.4 Å². The van der Waals surface area contributed by atoms with E-state index in [-0.39, 0.29) is 17.5 Å². The topological polar surface area (TPSA) is 46.2 Å². The smallest absolute Gasteiger partial charge is 0.192 e. The molecule has 0 radical (unpaired) electrons. The third-order valence-corrected chi connectivity index (χ3v) is 5.76. The van der Waals surface area contributed by atoms with Crippen LogP contribution in [0.1, 0.15) is 52.2 Å². The van der Waals surface area contributed by atoms with Crippen molar-refractivity contribution in [1.82, 2.24) is 5.32 Å². The van der Waals surface area contributed by atoms with E-state index < -0.39 is 0 Å². The van der Waals surface area contributed by atoms with Crippen LogP contribution in [0.4, 0.5) is 0 Å². The molecule has 3 aliphatic rings. The van der Waals surface area contributed by atoms with Crippen LogP contribution in [0.25, 0.3) is 5.70 Å². The summed E-state index contributed by atoms with van der Waals surface area (Å²) in [5, 5.41) is 3.47. The lowest BCUT2D eigenvalue weighted by molar-refractivity contribution is -0.116. The van der Waals surface area contributed by atoms with Crippen molar-refractivity contribution in [2.45, 2.75) is 32.1 Å². The summed E-state index contributed by atoms with van der Waals surface area (Å²) in [6.45, 7) is 2.05. The van der Waals surface area contributed by atoms with Gasteiger partial charge in [0.15, 0.2) is 11.6 Å². The summed E-state index contributed by atoms with van der Waals surface area (Å²) in [6.07, 6.45) is 2.28. The zero-order valence-electron chi connectivity index (χ0n) is 14.6. The van der Waals surface area contributed by atoms with Crippen molar-refractivity contribution in [3.05, 3.63) is 87.6 Å². The van der Waals surface area contributed by atoms with Gasteiger partial charge in [0.25, 0.3) is 0 Å². The fourth-order valence-electron chi connectivity index (χ4n) is 4.56. The monoisotopic (exact) mass is 341 g/mol. The molecule has 0 aromatic heterocycles. The number of fused-ring (bicyclic) bond motifs is 2. The van der Waals surface area contributed by atoms with Crippen LogP contribution < -0.4 is 5.32 Å². The highest BCUT2D eigenvalue weighted by molar-refractivity contribution is 6.23. The Morgan fingerprint density at radius 1 is 0.885 bits per heavy atom. The summed E-state index contributed by atoms with van der Waals surface area (Å²) >= 11 is 0. The van der Waals surface area contributed by atoms with Gasteiger partial charge in [-0.2, -0.15) is 0 Å². The quantitative estimate of drug-likeness (QED) is 0.841. The van der Waals surface area contributed by atoms with Crippen LogP contribution >= 0.6 is 0 Å². The van der Waals surface area contributed by atoms with Gasteiger partial charge < -0.3 is 5.32 Å². The Hall–Kier alpha value is -2.94. The van der Waals surface area contributed by atoms with E-state index in [2.05, 4.69) is 24.4 Å². The van der Waals surface area contributed by atoms with Crippen LogP contribution in [0.5, 0.6) is 0 Å². The van der Waals surface area contributed by atoms with E-state index in [1.165, 1.54) is 0 Å². The van der Waals surface area contributed by atoms with Crippen LogP contribution in [0, 0.1) is 6.92 Å². The van der Waals surface area contributed by atoms with Gasteiger partial charge in [-0.1, -0.05) is 48.5 Å². The van der Waals surface area contributed by atoms with Crippen molar-refractivity contribution in [2.75, 3.05) is 0 Å². The Bertz CT molecular complexity index is 1040. The highest BCUT2D eigenvalue weighted by Crippen LogP contribution is 2.49. The third-order valence-electron chi connectivity index (χ3n) is 5.76. The predicted octanol–water partition coefficient (Wildman–Crippen LogP) is 4.30. The van der Waals surface area contributed by atoms with Crippen molar-refractivity contribution in [1.29, 1.82) is 0 Å². The molecule has 0 saturated heterocycles. The highest BCUT2D eigenvalue weighted by atomic mass is 16.1. The minimum Gasteiger partial charge on any atom is -0.358 e. The Kier molecular flexibility index (Phi) is 3.26. The fraction of sp³-hybridized carbons (Fsp3) is 0.217. The Morgan fingerprint density at radius 3 is 2.42 bits per heavy atom. The average molecular weight is 341 g/mol. The van der Waals surface area contributed by atoms with Crippen molar-refractivity contribution in [2.24, 2.45) is 0 Å². The highest BCUT2D eigenvalue weighted by Gasteiger charge is 2.43. The molecular formula is C23H19NO2. The summed E-state index contributed by atoms with van der Waals surface area (Å²) in [5.41, 5.74) is 7.28. The number of rotatable bonds is 1. The molecule has 2 aromatic carbocycles. The number of ketones is 2. The number of carbonyl (C=O) groups is 2. The van der Waals surface area contributed by atoms with Crippen molar-refractivity contribution in [3.63, 3.8) is 0 Å². The summed E-state index contributed by atoms with van der Waals surface area (Å²) in [7, 11) is 0. The van der Waals surface area contributed by atoms with Gasteiger partial charge in [0.05, 0.1) is 5.70 Å². The average Bonchev–Trinajstić information content (AvgIpc) is 2.94. The zero-order chi connectivity index (χ0) is 17.8. The minimum absolute atomic E-state index is 0.0428. The predicted molar refractivity (Wildman–Crippen MR) is 101 cm³/mol. The maximum Gasteiger partial charge on any atom is 0.192 e. The molecule has 2 aromatic rings. The lowest BCUT2D eigenvalue weighted by atomic mass is 9.74. The molecular weight excluding hydrogens is 322 g/mol. The van der Waals surface area contributed by atoms with Gasteiger partial charge in [-0.3, -0.25) is 9.59 Å². The standard InChI is InChI=1S/C23H19NO2/c1-13-7-2-3-8-14(13)19-20-17(11-6-12-18(20)25)24-22-15-9-4-5-10-16(15)23(26)21(19)22/h2-5,7-10,19,24H,6,11-12H2,1H3. The molecule has 1 heterocycles. The van der Waals surface area contributed by atoms with Gasteiger partial charge >= 0.3 is 0 Å². The minimum atomic E-state index is -0.268. The number of dihydropyridines is 1. The molecule has 3 heteroatoms. The summed E-state index contributed by atoms with van der Waals surface area (Å²) in [6, 6.07) is 15.8. The molecule has 1 atom stereocenters. The molecule has 1 aliphatic heterocycles. The van der Waals surface area contributed by atoms with Crippen molar-refractivity contribution < 1.29 is 9.59 Å². The number of hydrogen-bond acceptors (Lipinski definition) is 3. The molecule has 0 spiro atoms. The number of Topliss-reactive ketones (excluding diaryl/α,β-unsaturated/α-hetero) is 2. The number of hydrogen-bond donors (Lipinski definition) is 1. The molecule has 0 bridgehead atoms. The first-order valence-electron chi connectivity index (χ1n) is 9.14. The maximum atomic E-state index is 13.3. The molecule has 1 N–H and O–H groups in total. The van der Waals surface area contributed by atoms with Crippen LogP contribution in [0.2, 0.25) is 0 Å². The maximum absolute atomic E-state index is 13.3. The van der Waals surface area contributed by atoms with Crippen LogP contribution in [-0.2, 0) is 4.79 Å². The van der Waals surface area contributed by atoms with E-state index in [0.717, 1.165) is 57.6 Å². The number of benzene rings is 2.